The van der Waals surface area contributed by atoms with Gasteiger partial charge in [0.2, 0.25) is 10.0 Å². The van der Waals surface area contributed by atoms with Crippen LogP contribution >= 0.6 is 0 Å². The van der Waals surface area contributed by atoms with E-state index in [1.54, 1.807) is 24.3 Å². The molecule has 0 atom stereocenters. The van der Waals surface area contributed by atoms with Gasteiger partial charge in [0.15, 0.2) is 0 Å². The van der Waals surface area contributed by atoms with Gasteiger partial charge in [0.05, 0.1) is 13.2 Å². The Hall–Kier alpha value is -1.55. The Morgan fingerprint density at radius 1 is 1.30 bits per heavy atom. The standard InChI is InChI=1S/C17H23NO4S/c1-3-13-21-14-15-9-11-18(12-10-15)23(19,20)17-8-6-5-7-16(17)22-4-2/h1,5-8,15H,4,9-14H2,2H3. The molecular weight excluding hydrogens is 314 g/mol. The van der Waals surface area contributed by atoms with Gasteiger partial charge in [-0.25, -0.2) is 8.42 Å². The fraction of sp³-hybridized carbons (Fsp3) is 0.529. The van der Waals surface area contributed by atoms with Gasteiger partial charge in [-0.15, -0.1) is 6.42 Å². The molecule has 1 aromatic rings. The Morgan fingerprint density at radius 3 is 2.65 bits per heavy atom. The van der Waals surface area contributed by atoms with Crippen molar-refractivity contribution in [3.63, 3.8) is 0 Å². The summed E-state index contributed by atoms with van der Waals surface area (Å²) in [5.41, 5.74) is 0. The predicted octanol–water partition coefficient (Wildman–Crippen LogP) is 2.14. The number of rotatable bonds is 7. The van der Waals surface area contributed by atoms with Crippen LogP contribution in [0.25, 0.3) is 0 Å². The van der Waals surface area contributed by atoms with Crippen molar-refractivity contribution < 1.29 is 17.9 Å². The SMILES string of the molecule is C#CCOCC1CCN(S(=O)(=O)c2ccccc2OCC)CC1. The maximum Gasteiger partial charge on any atom is 0.246 e. The van der Waals surface area contributed by atoms with Gasteiger partial charge in [-0.3, -0.25) is 0 Å². The van der Waals surface area contributed by atoms with Crippen LogP contribution in [-0.2, 0) is 14.8 Å². The average Bonchev–Trinajstić information content (AvgIpc) is 2.56. The highest BCUT2D eigenvalue weighted by Crippen LogP contribution is 2.29. The van der Waals surface area contributed by atoms with Crippen molar-refractivity contribution in [2.75, 3.05) is 32.9 Å². The molecule has 0 aliphatic carbocycles. The molecular formula is C17H23NO4S. The van der Waals surface area contributed by atoms with Gasteiger partial charge in [-0.2, -0.15) is 4.31 Å². The minimum absolute atomic E-state index is 0.240. The molecule has 1 heterocycles. The zero-order valence-corrected chi connectivity index (χ0v) is 14.2. The largest absolute Gasteiger partial charge is 0.492 e. The Labute approximate surface area is 138 Å². The Kier molecular flexibility index (Phi) is 6.46. The fourth-order valence-corrected chi connectivity index (χ4v) is 4.28. The van der Waals surface area contributed by atoms with E-state index in [-0.39, 0.29) is 4.90 Å². The molecule has 5 nitrogen and oxygen atoms in total. The molecule has 0 amide bonds. The molecule has 0 spiro atoms. The van der Waals surface area contributed by atoms with E-state index in [4.69, 9.17) is 15.9 Å². The van der Waals surface area contributed by atoms with Gasteiger partial charge >= 0.3 is 0 Å². The number of benzene rings is 1. The topological polar surface area (TPSA) is 55.8 Å². The Bertz CT molecular complexity index is 643. The summed E-state index contributed by atoms with van der Waals surface area (Å²) in [5, 5.41) is 0. The average molecular weight is 337 g/mol. The monoisotopic (exact) mass is 337 g/mol. The van der Waals surface area contributed by atoms with Gasteiger partial charge in [0.25, 0.3) is 0 Å². The molecule has 0 bridgehead atoms. The second-order valence-corrected chi connectivity index (χ2v) is 7.35. The van der Waals surface area contributed by atoms with E-state index in [1.807, 2.05) is 6.92 Å². The highest BCUT2D eigenvalue weighted by molar-refractivity contribution is 7.89. The molecule has 1 aromatic carbocycles. The maximum absolute atomic E-state index is 12.8. The summed E-state index contributed by atoms with van der Waals surface area (Å²) in [4.78, 5) is 0.240. The zero-order chi connectivity index (χ0) is 16.7. The lowest BCUT2D eigenvalue weighted by Crippen LogP contribution is -2.39. The molecule has 1 fully saturated rings. The normalized spacial score (nSPS) is 16.9. The van der Waals surface area contributed by atoms with E-state index < -0.39 is 10.0 Å². The van der Waals surface area contributed by atoms with Crippen molar-refractivity contribution in [3.8, 4) is 18.1 Å². The van der Waals surface area contributed by atoms with Crippen LogP contribution < -0.4 is 4.74 Å². The van der Waals surface area contributed by atoms with Gasteiger partial charge < -0.3 is 9.47 Å². The first-order valence-corrected chi connectivity index (χ1v) is 9.26. The second-order valence-electron chi connectivity index (χ2n) is 5.45. The van der Waals surface area contributed by atoms with Crippen LogP contribution in [0.2, 0.25) is 0 Å². The highest BCUT2D eigenvalue weighted by Gasteiger charge is 2.31. The molecule has 0 aromatic heterocycles. The number of ether oxygens (including phenoxy) is 2. The van der Waals surface area contributed by atoms with Crippen molar-refractivity contribution in [2.24, 2.45) is 5.92 Å². The second kappa shape index (κ2) is 8.34. The molecule has 0 saturated carbocycles. The van der Waals surface area contributed by atoms with Crippen molar-refractivity contribution >= 4 is 10.0 Å². The third-order valence-corrected chi connectivity index (χ3v) is 5.82. The number of nitrogens with zero attached hydrogens (tertiary/aromatic N) is 1. The minimum Gasteiger partial charge on any atom is -0.492 e. The molecule has 1 saturated heterocycles. The number of hydrogen-bond donors (Lipinski definition) is 0. The van der Waals surface area contributed by atoms with Gasteiger partial charge in [-0.1, -0.05) is 18.1 Å². The molecule has 23 heavy (non-hydrogen) atoms. The number of hydrogen-bond acceptors (Lipinski definition) is 4. The molecule has 1 aliphatic rings. The summed E-state index contributed by atoms with van der Waals surface area (Å²) < 4.78 is 38.0. The first-order chi connectivity index (χ1) is 11.1. The first kappa shape index (κ1) is 17.8. The smallest absolute Gasteiger partial charge is 0.246 e. The zero-order valence-electron chi connectivity index (χ0n) is 13.4. The van der Waals surface area contributed by atoms with Crippen molar-refractivity contribution in [2.45, 2.75) is 24.7 Å². The first-order valence-electron chi connectivity index (χ1n) is 7.82. The summed E-state index contributed by atoms with van der Waals surface area (Å²) in [7, 11) is -3.53. The third-order valence-electron chi connectivity index (χ3n) is 3.88. The number of terminal acetylenes is 1. The molecule has 126 valence electrons. The van der Waals surface area contributed by atoms with E-state index in [0.717, 1.165) is 12.8 Å². The van der Waals surface area contributed by atoms with Gasteiger partial charge in [0, 0.05) is 13.1 Å². The van der Waals surface area contributed by atoms with Crippen LogP contribution in [0.5, 0.6) is 5.75 Å². The van der Waals surface area contributed by atoms with Crippen molar-refractivity contribution in [1.29, 1.82) is 0 Å². The van der Waals surface area contributed by atoms with Crippen LogP contribution in [0.15, 0.2) is 29.2 Å². The summed E-state index contributed by atoms with van der Waals surface area (Å²) >= 11 is 0. The highest BCUT2D eigenvalue weighted by atomic mass is 32.2. The maximum atomic E-state index is 12.8. The van der Waals surface area contributed by atoms with E-state index in [0.29, 0.717) is 44.6 Å². The summed E-state index contributed by atoms with van der Waals surface area (Å²) in [6.07, 6.45) is 6.71. The minimum atomic E-state index is -3.53. The van der Waals surface area contributed by atoms with Crippen LogP contribution in [-0.4, -0.2) is 45.6 Å². The van der Waals surface area contributed by atoms with Crippen molar-refractivity contribution in [3.05, 3.63) is 24.3 Å². The predicted molar refractivity (Wildman–Crippen MR) is 88.7 cm³/mol. The Balaban J connectivity index is 2.04. The lowest BCUT2D eigenvalue weighted by molar-refractivity contribution is 0.101. The molecule has 2 rings (SSSR count). The quantitative estimate of drug-likeness (QED) is 0.565. The number of para-hydroxylation sites is 1. The molecule has 1 aliphatic heterocycles. The van der Waals surface area contributed by atoms with Gasteiger partial charge in [0.1, 0.15) is 17.3 Å². The number of piperidine rings is 1. The van der Waals surface area contributed by atoms with E-state index >= 15 is 0 Å². The van der Waals surface area contributed by atoms with Crippen LogP contribution in [0.1, 0.15) is 19.8 Å². The van der Waals surface area contributed by atoms with Crippen LogP contribution in [0.4, 0.5) is 0 Å². The molecule has 0 radical (unpaired) electrons. The summed E-state index contributed by atoms with van der Waals surface area (Å²) in [6, 6.07) is 6.79. The van der Waals surface area contributed by atoms with E-state index in [9.17, 15) is 8.42 Å². The number of sulfonamides is 1. The molecule has 0 N–H and O–H groups in total. The lowest BCUT2D eigenvalue weighted by atomic mass is 9.99. The third kappa shape index (κ3) is 4.47. The van der Waals surface area contributed by atoms with Crippen LogP contribution in [0, 0.1) is 18.3 Å². The van der Waals surface area contributed by atoms with Crippen LogP contribution in [0.3, 0.4) is 0 Å². The molecule has 6 heteroatoms. The van der Waals surface area contributed by atoms with Gasteiger partial charge in [-0.05, 0) is 37.8 Å². The fourth-order valence-electron chi connectivity index (χ4n) is 2.68. The Morgan fingerprint density at radius 2 is 2.00 bits per heavy atom. The summed E-state index contributed by atoms with van der Waals surface area (Å²) in [6.45, 7) is 4.15. The van der Waals surface area contributed by atoms with E-state index in [2.05, 4.69) is 5.92 Å². The van der Waals surface area contributed by atoms with E-state index in [1.165, 1.54) is 4.31 Å². The lowest BCUT2D eigenvalue weighted by Gasteiger charge is -2.31. The molecule has 0 unspecified atom stereocenters. The summed E-state index contributed by atoms with van der Waals surface area (Å²) in [5.74, 6) is 3.21. The van der Waals surface area contributed by atoms with Crippen molar-refractivity contribution in [1.82, 2.24) is 4.31 Å².